The Morgan fingerprint density at radius 1 is 1.14 bits per heavy atom. The first-order valence-corrected chi connectivity index (χ1v) is 8.01. The lowest BCUT2D eigenvalue weighted by atomic mass is 10.0. The van der Waals surface area contributed by atoms with E-state index >= 15 is 0 Å². The molecule has 0 heterocycles. The van der Waals surface area contributed by atoms with Crippen molar-refractivity contribution in [2.24, 2.45) is 0 Å². The third kappa shape index (κ3) is 3.73. The molecule has 0 spiro atoms. The summed E-state index contributed by atoms with van der Waals surface area (Å²) in [5, 5.41) is 2.97. The molecule has 0 aromatic heterocycles. The van der Waals surface area contributed by atoms with Gasteiger partial charge in [0.1, 0.15) is 0 Å². The van der Waals surface area contributed by atoms with Gasteiger partial charge in [-0.15, -0.1) is 0 Å². The number of rotatable bonds is 4. The van der Waals surface area contributed by atoms with Gasteiger partial charge in [-0.3, -0.25) is 4.79 Å². The maximum atomic E-state index is 12.5. The molecule has 2 nitrogen and oxygen atoms in total. The zero-order chi connectivity index (χ0) is 15.4. The Morgan fingerprint density at radius 3 is 2.38 bits per heavy atom. The molecule has 0 aliphatic heterocycles. The fraction of sp³-hybridized carbons (Fsp3) is 0.278. The topological polar surface area (TPSA) is 29.1 Å². The van der Waals surface area contributed by atoms with E-state index in [4.69, 9.17) is 0 Å². The van der Waals surface area contributed by atoms with Gasteiger partial charge in [0.15, 0.2) is 0 Å². The molecule has 0 aliphatic carbocycles. The summed E-state index contributed by atoms with van der Waals surface area (Å²) in [6.45, 7) is 6.36. The van der Waals surface area contributed by atoms with Crippen molar-refractivity contribution in [3.8, 4) is 0 Å². The summed E-state index contributed by atoms with van der Waals surface area (Å²) in [7, 11) is 0. The molecule has 1 N–H and O–H groups in total. The van der Waals surface area contributed by atoms with E-state index in [0.717, 1.165) is 22.1 Å². The average molecular weight is 346 g/mol. The highest BCUT2D eigenvalue weighted by Crippen LogP contribution is 2.23. The van der Waals surface area contributed by atoms with E-state index in [-0.39, 0.29) is 5.91 Å². The van der Waals surface area contributed by atoms with Gasteiger partial charge in [-0.2, -0.15) is 0 Å². The Balaban J connectivity index is 2.22. The summed E-state index contributed by atoms with van der Waals surface area (Å²) in [5.74, 6) is 0.418. The number of halogens is 1. The van der Waals surface area contributed by atoms with Gasteiger partial charge >= 0.3 is 0 Å². The smallest absolute Gasteiger partial charge is 0.257 e. The van der Waals surface area contributed by atoms with Crippen molar-refractivity contribution in [3.05, 3.63) is 63.6 Å². The molecule has 0 atom stereocenters. The summed E-state index contributed by atoms with van der Waals surface area (Å²) in [6, 6.07) is 13.9. The molecule has 2 aromatic carbocycles. The normalized spacial score (nSPS) is 10.7. The third-order valence-electron chi connectivity index (χ3n) is 3.54. The maximum Gasteiger partial charge on any atom is 0.257 e. The van der Waals surface area contributed by atoms with Crippen molar-refractivity contribution in [2.75, 3.05) is 5.32 Å². The van der Waals surface area contributed by atoms with E-state index < -0.39 is 0 Å². The van der Waals surface area contributed by atoms with Crippen LogP contribution in [-0.4, -0.2) is 5.91 Å². The van der Waals surface area contributed by atoms with Crippen molar-refractivity contribution in [2.45, 2.75) is 33.1 Å². The van der Waals surface area contributed by atoms with Crippen LogP contribution in [0.1, 0.15) is 48.2 Å². The predicted octanol–water partition coefficient (Wildman–Crippen LogP) is 5.39. The Hall–Kier alpha value is -1.61. The minimum atomic E-state index is -0.0726. The molecule has 1 amide bonds. The number of carbonyl (C=O) groups is 1. The van der Waals surface area contributed by atoms with Crippen molar-refractivity contribution >= 4 is 27.5 Å². The van der Waals surface area contributed by atoms with Crippen molar-refractivity contribution < 1.29 is 4.79 Å². The van der Waals surface area contributed by atoms with E-state index in [1.54, 1.807) is 0 Å². The summed E-state index contributed by atoms with van der Waals surface area (Å²) >= 11 is 3.47. The fourth-order valence-electron chi connectivity index (χ4n) is 2.26. The second-order valence-electron chi connectivity index (χ2n) is 5.36. The maximum absolute atomic E-state index is 12.5. The van der Waals surface area contributed by atoms with E-state index in [0.29, 0.717) is 11.5 Å². The number of aryl methyl sites for hydroxylation is 1. The highest BCUT2D eigenvalue weighted by Gasteiger charge is 2.14. The summed E-state index contributed by atoms with van der Waals surface area (Å²) < 4.78 is 0.832. The largest absolute Gasteiger partial charge is 0.322 e. The molecule has 0 saturated carbocycles. The highest BCUT2D eigenvalue weighted by molar-refractivity contribution is 9.10. The molecule has 21 heavy (non-hydrogen) atoms. The standard InChI is InChI=1S/C18H20BrNO/c1-4-13-6-5-7-16(19)17(13)18(21)20-15-10-8-14(9-11-15)12(2)3/h5-12H,4H2,1-3H3,(H,20,21). The summed E-state index contributed by atoms with van der Waals surface area (Å²) in [4.78, 5) is 12.5. The zero-order valence-corrected chi connectivity index (χ0v) is 14.2. The first-order valence-electron chi connectivity index (χ1n) is 7.21. The lowest BCUT2D eigenvalue weighted by Crippen LogP contribution is -2.15. The number of hydrogen-bond donors (Lipinski definition) is 1. The van der Waals surface area contributed by atoms with Gasteiger partial charge < -0.3 is 5.32 Å². The molecule has 0 aliphatic rings. The number of hydrogen-bond acceptors (Lipinski definition) is 1. The summed E-state index contributed by atoms with van der Waals surface area (Å²) in [5.41, 5.74) is 3.85. The lowest BCUT2D eigenvalue weighted by Gasteiger charge is -2.12. The number of carbonyl (C=O) groups excluding carboxylic acids is 1. The molecule has 0 bridgehead atoms. The molecule has 3 heteroatoms. The molecule has 2 aromatic rings. The van der Waals surface area contributed by atoms with Crippen LogP contribution in [0, 0.1) is 0 Å². The second kappa shape index (κ2) is 6.90. The van der Waals surface area contributed by atoms with E-state index in [1.165, 1.54) is 5.56 Å². The van der Waals surface area contributed by atoms with Crippen LogP contribution in [0.2, 0.25) is 0 Å². The molecule has 0 radical (unpaired) electrons. The first kappa shape index (κ1) is 15.8. The van der Waals surface area contributed by atoms with Crippen LogP contribution in [0.25, 0.3) is 0 Å². The minimum absolute atomic E-state index is 0.0726. The van der Waals surface area contributed by atoms with Crippen LogP contribution < -0.4 is 5.32 Å². The molecule has 0 saturated heterocycles. The molecule has 110 valence electrons. The van der Waals surface area contributed by atoms with Gasteiger partial charge in [-0.1, -0.05) is 45.0 Å². The number of nitrogens with one attached hydrogen (secondary N) is 1. The van der Waals surface area contributed by atoms with Crippen molar-refractivity contribution in [1.82, 2.24) is 0 Å². The zero-order valence-electron chi connectivity index (χ0n) is 12.6. The van der Waals surface area contributed by atoms with Crippen molar-refractivity contribution in [1.29, 1.82) is 0 Å². The SMILES string of the molecule is CCc1cccc(Br)c1C(=O)Nc1ccc(C(C)C)cc1. The Labute approximate surface area is 134 Å². The van der Waals surface area contributed by atoms with Crippen LogP contribution in [0.15, 0.2) is 46.9 Å². The number of amides is 1. The third-order valence-corrected chi connectivity index (χ3v) is 4.20. The Bertz CT molecular complexity index is 632. The van der Waals surface area contributed by atoms with Gasteiger partial charge in [0.2, 0.25) is 0 Å². The summed E-state index contributed by atoms with van der Waals surface area (Å²) in [6.07, 6.45) is 0.828. The van der Waals surface area contributed by atoms with Gasteiger partial charge in [-0.25, -0.2) is 0 Å². The van der Waals surface area contributed by atoms with E-state index in [2.05, 4.69) is 54.2 Å². The number of anilines is 1. The van der Waals surface area contributed by atoms with Gasteiger partial charge in [-0.05, 0) is 57.6 Å². The second-order valence-corrected chi connectivity index (χ2v) is 6.21. The predicted molar refractivity (Wildman–Crippen MR) is 92.0 cm³/mol. The van der Waals surface area contributed by atoms with Crippen LogP contribution in [0.4, 0.5) is 5.69 Å². The monoisotopic (exact) mass is 345 g/mol. The highest BCUT2D eigenvalue weighted by atomic mass is 79.9. The van der Waals surface area contributed by atoms with Gasteiger partial charge in [0.05, 0.1) is 5.56 Å². The molecular formula is C18H20BrNO. The van der Waals surface area contributed by atoms with Gasteiger partial charge in [0.25, 0.3) is 5.91 Å². The molecule has 2 rings (SSSR count). The molecular weight excluding hydrogens is 326 g/mol. The quantitative estimate of drug-likeness (QED) is 0.790. The minimum Gasteiger partial charge on any atom is -0.322 e. The number of benzene rings is 2. The first-order chi connectivity index (χ1) is 10.0. The van der Waals surface area contributed by atoms with Crippen LogP contribution >= 0.6 is 15.9 Å². The van der Waals surface area contributed by atoms with Crippen molar-refractivity contribution in [3.63, 3.8) is 0 Å². The van der Waals surface area contributed by atoms with E-state index in [1.807, 2.05) is 30.3 Å². The lowest BCUT2D eigenvalue weighted by molar-refractivity contribution is 0.102. The Kier molecular flexibility index (Phi) is 5.18. The van der Waals surface area contributed by atoms with Crippen LogP contribution in [0.3, 0.4) is 0 Å². The van der Waals surface area contributed by atoms with E-state index in [9.17, 15) is 4.79 Å². The average Bonchev–Trinajstić information content (AvgIpc) is 2.47. The van der Waals surface area contributed by atoms with Crippen LogP contribution in [0.5, 0.6) is 0 Å². The van der Waals surface area contributed by atoms with Crippen LogP contribution in [-0.2, 0) is 6.42 Å². The fourth-order valence-corrected chi connectivity index (χ4v) is 2.85. The Morgan fingerprint density at radius 2 is 1.81 bits per heavy atom. The van der Waals surface area contributed by atoms with Gasteiger partial charge in [0, 0.05) is 10.2 Å². The molecule has 0 unspecified atom stereocenters. The molecule has 0 fully saturated rings.